The van der Waals surface area contributed by atoms with E-state index in [4.69, 9.17) is 0 Å². The Labute approximate surface area is 172 Å². The minimum Gasteiger partial charge on any atom is -0.333 e. The van der Waals surface area contributed by atoms with Gasteiger partial charge in [-0.3, -0.25) is 14.5 Å². The van der Waals surface area contributed by atoms with Crippen molar-refractivity contribution in [1.29, 1.82) is 0 Å². The van der Waals surface area contributed by atoms with Crippen LogP contribution in [0.15, 0.2) is 30.3 Å². The minimum atomic E-state index is -0.352. The predicted octanol–water partition coefficient (Wildman–Crippen LogP) is 1.28. The van der Waals surface area contributed by atoms with Gasteiger partial charge in [-0.05, 0) is 44.2 Å². The highest BCUT2D eigenvalue weighted by atomic mass is 19.1. The third kappa shape index (κ3) is 4.28. The maximum Gasteiger partial charge on any atom is 0.293 e. The third-order valence-corrected chi connectivity index (χ3v) is 4.96. The predicted molar refractivity (Wildman–Crippen MR) is 108 cm³/mol. The van der Waals surface area contributed by atoms with Crippen molar-refractivity contribution >= 4 is 23.3 Å². The molecule has 1 saturated heterocycles. The SMILES string of the molecule is Cc1cc(C)n2nc(C(=O)N3CCN(CC(=O)Nc4ccc(F)cc4)CC3)nc2n1. The molecule has 4 rings (SSSR count). The molecule has 1 N–H and O–H groups in total. The molecular weight excluding hydrogens is 389 g/mol. The van der Waals surface area contributed by atoms with E-state index in [2.05, 4.69) is 20.4 Å². The molecular formula is C20H22FN7O2. The van der Waals surface area contributed by atoms with Crippen molar-refractivity contribution in [3.8, 4) is 0 Å². The lowest BCUT2D eigenvalue weighted by Gasteiger charge is -2.33. The van der Waals surface area contributed by atoms with Crippen LogP contribution in [0.2, 0.25) is 0 Å². The fraction of sp³-hybridized carbons (Fsp3) is 0.350. The zero-order valence-electron chi connectivity index (χ0n) is 16.8. The summed E-state index contributed by atoms with van der Waals surface area (Å²) in [6.07, 6.45) is 0. The van der Waals surface area contributed by atoms with E-state index in [0.29, 0.717) is 37.6 Å². The molecule has 156 valence electrons. The van der Waals surface area contributed by atoms with Gasteiger partial charge in [0.25, 0.3) is 11.7 Å². The Morgan fingerprint density at radius 3 is 2.47 bits per heavy atom. The molecule has 2 aromatic heterocycles. The lowest BCUT2D eigenvalue weighted by molar-refractivity contribution is -0.117. The Hall–Kier alpha value is -3.40. The van der Waals surface area contributed by atoms with Crippen LogP contribution in [0, 0.1) is 19.7 Å². The van der Waals surface area contributed by atoms with Crippen LogP contribution in [-0.4, -0.2) is 73.9 Å². The number of piperazine rings is 1. The lowest BCUT2D eigenvalue weighted by Crippen LogP contribution is -2.50. The van der Waals surface area contributed by atoms with E-state index in [-0.39, 0.29) is 30.0 Å². The van der Waals surface area contributed by atoms with Crippen molar-refractivity contribution in [2.45, 2.75) is 13.8 Å². The highest BCUT2D eigenvalue weighted by molar-refractivity contribution is 5.92. The van der Waals surface area contributed by atoms with E-state index in [0.717, 1.165) is 11.4 Å². The normalized spacial score (nSPS) is 14.8. The molecule has 0 spiro atoms. The first-order valence-corrected chi connectivity index (χ1v) is 9.67. The van der Waals surface area contributed by atoms with Crippen LogP contribution in [0.25, 0.3) is 5.78 Å². The number of hydrogen-bond acceptors (Lipinski definition) is 6. The molecule has 1 aliphatic heterocycles. The smallest absolute Gasteiger partial charge is 0.293 e. The van der Waals surface area contributed by atoms with Crippen molar-refractivity contribution < 1.29 is 14.0 Å². The molecule has 30 heavy (non-hydrogen) atoms. The van der Waals surface area contributed by atoms with E-state index >= 15 is 0 Å². The van der Waals surface area contributed by atoms with E-state index < -0.39 is 0 Å². The molecule has 0 unspecified atom stereocenters. The first kappa shape index (κ1) is 19.9. The number of benzene rings is 1. The Morgan fingerprint density at radius 1 is 1.07 bits per heavy atom. The molecule has 3 aromatic rings. The molecule has 0 atom stereocenters. The molecule has 1 aliphatic rings. The van der Waals surface area contributed by atoms with Crippen LogP contribution in [0.4, 0.5) is 10.1 Å². The summed E-state index contributed by atoms with van der Waals surface area (Å²) in [5.41, 5.74) is 2.23. The minimum absolute atomic E-state index is 0.124. The van der Waals surface area contributed by atoms with Crippen LogP contribution in [0.1, 0.15) is 22.0 Å². The molecule has 0 bridgehead atoms. The van der Waals surface area contributed by atoms with Gasteiger partial charge in [0.2, 0.25) is 11.7 Å². The number of rotatable bonds is 4. The second-order valence-electron chi connectivity index (χ2n) is 7.31. The molecule has 0 aliphatic carbocycles. The number of carbonyl (C=O) groups is 2. The molecule has 1 aromatic carbocycles. The van der Waals surface area contributed by atoms with Crippen LogP contribution in [0.5, 0.6) is 0 Å². The van der Waals surface area contributed by atoms with Crippen molar-refractivity contribution in [3.63, 3.8) is 0 Å². The topological polar surface area (TPSA) is 95.7 Å². The number of anilines is 1. The quantitative estimate of drug-likeness (QED) is 0.695. The second-order valence-corrected chi connectivity index (χ2v) is 7.31. The molecule has 0 radical (unpaired) electrons. The number of carbonyl (C=O) groups excluding carboxylic acids is 2. The van der Waals surface area contributed by atoms with Crippen molar-refractivity contribution in [2.75, 3.05) is 38.0 Å². The number of nitrogens with zero attached hydrogens (tertiary/aromatic N) is 6. The summed E-state index contributed by atoms with van der Waals surface area (Å²) < 4.78 is 14.5. The third-order valence-electron chi connectivity index (χ3n) is 4.96. The van der Waals surface area contributed by atoms with E-state index in [1.165, 1.54) is 24.3 Å². The highest BCUT2D eigenvalue weighted by Gasteiger charge is 2.26. The summed E-state index contributed by atoms with van der Waals surface area (Å²) in [5, 5.41) is 7.04. The zero-order chi connectivity index (χ0) is 21.3. The molecule has 10 heteroatoms. The fourth-order valence-corrected chi connectivity index (χ4v) is 3.44. The summed E-state index contributed by atoms with van der Waals surface area (Å²) in [6.45, 7) is 6.04. The van der Waals surface area contributed by atoms with Crippen LogP contribution in [-0.2, 0) is 4.79 Å². The maximum absolute atomic E-state index is 13.0. The molecule has 0 saturated carbocycles. The maximum atomic E-state index is 13.0. The number of aromatic nitrogens is 4. The Kier molecular flexibility index (Phi) is 5.40. The molecule has 1 fully saturated rings. The van der Waals surface area contributed by atoms with Gasteiger partial charge >= 0.3 is 0 Å². The monoisotopic (exact) mass is 411 g/mol. The first-order chi connectivity index (χ1) is 14.4. The molecule has 9 nitrogen and oxygen atoms in total. The first-order valence-electron chi connectivity index (χ1n) is 9.67. The summed E-state index contributed by atoms with van der Waals surface area (Å²) in [6, 6.07) is 7.51. The number of hydrogen-bond donors (Lipinski definition) is 1. The number of nitrogens with one attached hydrogen (secondary N) is 1. The second kappa shape index (κ2) is 8.15. The average Bonchev–Trinajstić information content (AvgIpc) is 3.14. The van der Waals surface area contributed by atoms with Gasteiger partial charge in [-0.2, -0.15) is 4.98 Å². The van der Waals surface area contributed by atoms with E-state index in [9.17, 15) is 14.0 Å². The Bertz CT molecular complexity index is 1090. The summed E-state index contributed by atoms with van der Waals surface area (Å²) >= 11 is 0. The summed E-state index contributed by atoms with van der Waals surface area (Å²) in [7, 11) is 0. The van der Waals surface area contributed by atoms with Gasteiger partial charge in [-0.25, -0.2) is 13.9 Å². The lowest BCUT2D eigenvalue weighted by atomic mass is 10.3. The Balaban J connectivity index is 1.33. The van der Waals surface area contributed by atoms with E-state index in [1.807, 2.05) is 24.8 Å². The van der Waals surface area contributed by atoms with Crippen LogP contribution in [0.3, 0.4) is 0 Å². The standard InChI is InChI=1S/C20H22FN7O2/c1-13-11-14(2)28-20(22-13)24-18(25-28)19(30)27-9-7-26(8-10-27)12-17(29)23-16-5-3-15(21)4-6-16/h3-6,11H,7-10,12H2,1-2H3,(H,23,29). The molecule has 2 amide bonds. The highest BCUT2D eigenvalue weighted by Crippen LogP contribution is 2.11. The van der Waals surface area contributed by atoms with Crippen molar-refractivity contribution in [2.24, 2.45) is 0 Å². The molecule has 3 heterocycles. The largest absolute Gasteiger partial charge is 0.333 e. The van der Waals surface area contributed by atoms with Gasteiger partial charge < -0.3 is 10.2 Å². The average molecular weight is 411 g/mol. The van der Waals surface area contributed by atoms with Gasteiger partial charge in [0.05, 0.1) is 6.54 Å². The van der Waals surface area contributed by atoms with Gasteiger partial charge in [0.15, 0.2) is 0 Å². The van der Waals surface area contributed by atoms with Gasteiger partial charge in [0.1, 0.15) is 5.82 Å². The van der Waals surface area contributed by atoms with Crippen molar-refractivity contribution in [1.82, 2.24) is 29.4 Å². The van der Waals surface area contributed by atoms with Gasteiger partial charge in [0, 0.05) is 43.3 Å². The van der Waals surface area contributed by atoms with Crippen LogP contribution < -0.4 is 5.32 Å². The number of fused-ring (bicyclic) bond motifs is 1. The zero-order valence-corrected chi connectivity index (χ0v) is 16.8. The van der Waals surface area contributed by atoms with Gasteiger partial charge in [-0.15, -0.1) is 5.10 Å². The summed E-state index contributed by atoms with van der Waals surface area (Å²) in [4.78, 5) is 37.2. The summed E-state index contributed by atoms with van der Waals surface area (Å²) in [5.74, 6) is -0.242. The van der Waals surface area contributed by atoms with E-state index in [1.54, 1.807) is 9.42 Å². The Morgan fingerprint density at radius 2 is 1.77 bits per heavy atom. The number of halogens is 1. The van der Waals surface area contributed by atoms with Crippen molar-refractivity contribution in [3.05, 3.63) is 53.4 Å². The fourth-order valence-electron chi connectivity index (χ4n) is 3.44. The van der Waals surface area contributed by atoms with Crippen LogP contribution >= 0.6 is 0 Å². The van der Waals surface area contributed by atoms with Gasteiger partial charge in [-0.1, -0.05) is 0 Å². The number of aryl methyl sites for hydroxylation is 2. The number of amides is 2.